The molecule has 0 heterocycles. The Bertz CT molecular complexity index is 581. The van der Waals surface area contributed by atoms with Crippen LogP contribution in [0.25, 0.3) is 0 Å². The molecule has 0 saturated heterocycles. The Balaban J connectivity index is 1.76. The second-order valence-corrected chi connectivity index (χ2v) is 5.34. The minimum Gasteiger partial charge on any atom is -0.492 e. The van der Waals surface area contributed by atoms with E-state index in [9.17, 15) is 4.79 Å². The summed E-state index contributed by atoms with van der Waals surface area (Å²) in [6, 6.07) is 15.1. The van der Waals surface area contributed by atoms with Crippen molar-refractivity contribution in [3.8, 4) is 5.75 Å². The Hall–Kier alpha value is -1.81. The molecule has 0 bridgehead atoms. The molecule has 4 heteroatoms. The average Bonchev–Trinajstić information content (AvgIpc) is 2.45. The van der Waals surface area contributed by atoms with Gasteiger partial charge in [-0.1, -0.05) is 39.7 Å². The largest absolute Gasteiger partial charge is 0.492 e. The van der Waals surface area contributed by atoms with Crippen molar-refractivity contribution in [2.45, 2.75) is 6.92 Å². The van der Waals surface area contributed by atoms with Gasteiger partial charge in [-0.25, -0.2) is 0 Å². The van der Waals surface area contributed by atoms with Gasteiger partial charge in [-0.15, -0.1) is 0 Å². The Morgan fingerprint density at radius 3 is 2.65 bits per heavy atom. The molecule has 2 aromatic rings. The van der Waals surface area contributed by atoms with E-state index < -0.39 is 0 Å². The van der Waals surface area contributed by atoms with Gasteiger partial charge in [0.1, 0.15) is 12.4 Å². The predicted octanol–water partition coefficient (Wildman–Crippen LogP) is 3.57. The highest BCUT2D eigenvalue weighted by atomic mass is 79.9. The van der Waals surface area contributed by atoms with Gasteiger partial charge in [0.25, 0.3) is 5.91 Å². The van der Waals surface area contributed by atoms with E-state index in [1.165, 1.54) is 5.56 Å². The molecule has 0 fully saturated rings. The highest BCUT2D eigenvalue weighted by Crippen LogP contribution is 2.12. The molecule has 0 radical (unpaired) electrons. The maximum atomic E-state index is 11.9. The van der Waals surface area contributed by atoms with E-state index in [1.54, 1.807) is 12.1 Å². The van der Waals surface area contributed by atoms with E-state index in [-0.39, 0.29) is 5.91 Å². The first-order chi connectivity index (χ1) is 9.65. The number of hydrogen-bond acceptors (Lipinski definition) is 2. The third-order valence-electron chi connectivity index (χ3n) is 2.76. The zero-order chi connectivity index (χ0) is 14.4. The van der Waals surface area contributed by atoms with Gasteiger partial charge in [0.2, 0.25) is 0 Å². The van der Waals surface area contributed by atoms with Crippen LogP contribution >= 0.6 is 15.9 Å². The van der Waals surface area contributed by atoms with Crippen LogP contribution in [-0.4, -0.2) is 19.1 Å². The number of hydrogen-bond donors (Lipinski definition) is 1. The van der Waals surface area contributed by atoms with Crippen LogP contribution in [0.4, 0.5) is 0 Å². The summed E-state index contributed by atoms with van der Waals surface area (Å²) in [6.07, 6.45) is 0. The second-order valence-electron chi connectivity index (χ2n) is 4.43. The van der Waals surface area contributed by atoms with Gasteiger partial charge in [-0.2, -0.15) is 0 Å². The van der Waals surface area contributed by atoms with E-state index >= 15 is 0 Å². The van der Waals surface area contributed by atoms with Gasteiger partial charge < -0.3 is 10.1 Å². The first-order valence-corrected chi connectivity index (χ1v) is 7.18. The number of halogens is 1. The Kier molecular flexibility index (Phi) is 5.18. The van der Waals surface area contributed by atoms with Crippen LogP contribution in [0.5, 0.6) is 5.75 Å². The summed E-state index contributed by atoms with van der Waals surface area (Å²) in [5, 5.41) is 2.82. The molecule has 0 aliphatic rings. The standard InChI is InChI=1S/C16H16BrNO2/c1-12-5-7-15(8-6-12)20-10-9-18-16(19)13-3-2-4-14(17)11-13/h2-8,11H,9-10H2,1H3,(H,18,19). The smallest absolute Gasteiger partial charge is 0.251 e. The van der Waals surface area contributed by atoms with Gasteiger partial charge >= 0.3 is 0 Å². The highest BCUT2D eigenvalue weighted by Gasteiger charge is 2.04. The Labute approximate surface area is 127 Å². The molecule has 0 aromatic heterocycles. The third-order valence-corrected chi connectivity index (χ3v) is 3.26. The number of ether oxygens (including phenoxy) is 1. The molecule has 2 rings (SSSR count). The van der Waals surface area contributed by atoms with Crippen LogP contribution in [-0.2, 0) is 0 Å². The summed E-state index contributed by atoms with van der Waals surface area (Å²) in [4.78, 5) is 11.9. The van der Waals surface area contributed by atoms with Gasteiger partial charge in [0, 0.05) is 10.0 Å². The summed E-state index contributed by atoms with van der Waals surface area (Å²) < 4.78 is 6.44. The van der Waals surface area contributed by atoms with Crippen molar-refractivity contribution in [3.05, 3.63) is 64.1 Å². The molecule has 3 nitrogen and oxygen atoms in total. The monoisotopic (exact) mass is 333 g/mol. The van der Waals surface area contributed by atoms with Crippen molar-refractivity contribution in [1.29, 1.82) is 0 Å². The summed E-state index contributed by atoms with van der Waals surface area (Å²) >= 11 is 3.34. The summed E-state index contributed by atoms with van der Waals surface area (Å²) in [5.74, 6) is 0.714. The zero-order valence-electron chi connectivity index (χ0n) is 11.2. The van der Waals surface area contributed by atoms with Crippen LogP contribution < -0.4 is 10.1 Å². The van der Waals surface area contributed by atoms with Gasteiger partial charge in [-0.3, -0.25) is 4.79 Å². The quantitative estimate of drug-likeness (QED) is 0.849. The van der Waals surface area contributed by atoms with E-state index in [0.717, 1.165) is 10.2 Å². The second kappa shape index (κ2) is 7.10. The topological polar surface area (TPSA) is 38.3 Å². The molecule has 20 heavy (non-hydrogen) atoms. The Morgan fingerprint density at radius 1 is 1.20 bits per heavy atom. The van der Waals surface area contributed by atoms with Crippen molar-refractivity contribution < 1.29 is 9.53 Å². The lowest BCUT2D eigenvalue weighted by atomic mass is 10.2. The molecule has 0 atom stereocenters. The van der Waals surface area contributed by atoms with Crippen molar-refractivity contribution >= 4 is 21.8 Å². The number of rotatable bonds is 5. The number of aryl methyl sites for hydroxylation is 1. The summed E-state index contributed by atoms with van der Waals surface area (Å²) in [5.41, 5.74) is 1.83. The molecule has 0 saturated carbocycles. The summed E-state index contributed by atoms with van der Waals surface area (Å²) in [6.45, 7) is 2.95. The van der Waals surface area contributed by atoms with Crippen LogP contribution in [0.3, 0.4) is 0 Å². The van der Waals surface area contributed by atoms with E-state index in [2.05, 4.69) is 21.2 Å². The molecule has 1 N–H and O–H groups in total. The van der Waals surface area contributed by atoms with Crippen LogP contribution in [0.2, 0.25) is 0 Å². The first kappa shape index (κ1) is 14.6. The van der Waals surface area contributed by atoms with Crippen LogP contribution in [0.15, 0.2) is 53.0 Å². The molecule has 2 aromatic carbocycles. The van der Waals surface area contributed by atoms with Crippen molar-refractivity contribution in [2.75, 3.05) is 13.2 Å². The van der Waals surface area contributed by atoms with E-state index in [4.69, 9.17) is 4.74 Å². The maximum absolute atomic E-state index is 11.9. The fourth-order valence-electron chi connectivity index (χ4n) is 1.70. The minimum atomic E-state index is -0.0983. The molecule has 0 aliphatic heterocycles. The molecule has 104 valence electrons. The molecule has 0 aliphatic carbocycles. The SMILES string of the molecule is Cc1ccc(OCCNC(=O)c2cccc(Br)c2)cc1. The fourth-order valence-corrected chi connectivity index (χ4v) is 2.10. The number of benzene rings is 2. The van der Waals surface area contributed by atoms with Gasteiger partial charge in [0.05, 0.1) is 6.54 Å². The number of carbonyl (C=O) groups excluding carboxylic acids is 1. The first-order valence-electron chi connectivity index (χ1n) is 6.38. The fraction of sp³-hybridized carbons (Fsp3) is 0.188. The molecular weight excluding hydrogens is 318 g/mol. The number of nitrogens with one attached hydrogen (secondary N) is 1. The number of carbonyl (C=O) groups is 1. The summed E-state index contributed by atoms with van der Waals surface area (Å²) in [7, 11) is 0. The molecule has 0 spiro atoms. The Morgan fingerprint density at radius 2 is 1.95 bits per heavy atom. The lowest BCUT2D eigenvalue weighted by Gasteiger charge is -2.08. The van der Waals surface area contributed by atoms with Crippen molar-refractivity contribution in [2.24, 2.45) is 0 Å². The normalized spacial score (nSPS) is 10.1. The minimum absolute atomic E-state index is 0.0983. The lowest BCUT2D eigenvalue weighted by molar-refractivity contribution is 0.0947. The lowest BCUT2D eigenvalue weighted by Crippen LogP contribution is -2.28. The van der Waals surface area contributed by atoms with E-state index in [1.807, 2.05) is 43.3 Å². The van der Waals surface area contributed by atoms with Gasteiger partial charge in [0.15, 0.2) is 0 Å². The van der Waals surface area contributed by atoms with Crippen LogP contribution in [0.1, 0.15) is 15.9 Å². The highest BCUT2D eigenvalue weighted by molar-refractivity contribution is 9.10. The van der Waals surface area contributed by atoms with Gasteiger partial charge in [-0.05, 0) is 37.3 Å². The molecular formula is C16H16BrNO2. The molecule has 0 unspecified atom stereocenters. The third kappa shape index (κ3) is 4.38. The maximum Gasteiger partial charge on any atom is 0.251 e. The molecule has 1 amide bonds. The van der Waals surface area contributed by atoms with Crippen LogP contribution in [0, 0.1) is 6.92 Å². The number of amides is 1. The zero-order valence-corrected chi connectivity index (χ0v) is 12.8. The van der Waals surface area contributed by atoms with E-state index in [0.29, 0.717) is 18.7 Å². The van der Waals surface area contributed by atoms with Crippen molar-refractivity contribution in [1.82, 2.24) is 5.32 Å². The average molecular weight is 334 g/mol. The predicted molar refractivity (Wildman–Crippen MR) is 83.1 cm³/mol. The van der Waals surface area contributed by atoms with Crippen molar-refractivity contribution in [3.63, 3.8) is 0 Å².